The van der Waals surface area contributed by atoms with Gasteiger partial charge in [-0.1, -0.05) is 0 Å². The lowest BCUT2D eigenvalue weighted by molar-refractivity contribution is 0.0259. The number of nitrogens with zero attached hydrogens (tertiary/aromatic N) is 1. The zero-order chi connectivity index (χ0) is 11.2. The van der Waals surface area contributed by atoms with Crippen molar-refractivity contribution in [2.45, 2.75) is 26.4 Å². The van der Waals surface area contributed by atoms with Gasteiger partial charge in [-0.15, -0.1) is 0 Å². The van der Waals surface area contributed by atoms with Crippen molar-refractivity contribution < 1.29 is 14.6 Å². The summed E-state index contributed by atoms with van der Waals surface area (Å²) in [6, 6.07) is 0. The lowest BCUT2D eigenvalue weighted by atomic mass is 10.2. The third kappa shape index (κ3) is 2.09. The number of likely N-dealkylation sites (tertiary alicyclic amines) is 1. The second-order valence-electron chi connectivity index (χ2n) is 5.56. The molecule has 1 amide bonds. The molecule has 2 aliphatic rings. The van der Waals surface area contributed by atoms with Crippen molar-refractivity contribution in [1.82, 2.24) is 4.90 Å². The molecule has 0 spiro atoms. The number of aliphatic hydroxyl groups excluding tert-OH is 1. The molecule has 1 aliphatic heterocycles. The number of rotatable bonds is 1. The molecule has 2 atom stereocenters. The fraction of sp³-hybridized carbons (Fsp3) is 0.909. The van der Waals surface area contributed by atoms with E-state index >= 15 is 0 Å². The largest absolute Gasteiger partial charge is 0.444 e. The maximum atomic E-state index is 11.7. The topological polar surface area (TPSA) is 49.8 Å². The highest BCUT2D eigenvalue weighted by Crippen LogP contribution is 2.51. The van der Waals surface area contributed by atoms with E-state index in [4.69, 9.17) is 9.84 Å². The van der Waals surface area contributed by atoms with Crippen molar-refractivity contribution >= 4 is 6.09 Å². The van der Waals surface area contributed by atoms with Crippen LogP contribution in [-0.2, 0) is 4.74 Å². The van der Waals surface area contributed by atoms with Gasteiger partial charge in [0.2, 0.25) is 0 Å². The first kappa shape index (κ1) is 10.7. The highest BCUT2D eigenvalue weighted by molar-refractivity contribution is 5.68. The van der Waals surface area contributed by atoms with E-state index in [0.717, 1.165) is 13.1 Å². The van der Waals surface area contributed by atoms with Gasteiger partial charge in [0.05, 0.1) is 0 Å². The van der Waals surface area contributed by atoms with Crippen LogP contribution < -0.4 is 0 Å². The summed E-state index contributed by atoms with van der Waals surface area (Å²) in [6.45, 7) is 7.39. The van der Waals surface area contributed by atoms with Gasteiger partial charge in [0.15, 0.2) is 0 Å². The lowest BCUT2D eigenvalue weighted by Crippen LogP contribution is -2.37. The van der Waals surface area contributed by atoms with E-state index in [-0.39, 0.29) is 12.7 Å². The standard InChI is InChI=1S/C11H19NO3/c1-11(2,3)15-10(14)12-4-7-8(5-12)9(7)6-13/h7-9,13H,4-6H2,1-3H3/t7-,8-/m0/s1. The van der Waals surface area contributed by atoms with Gasteiger partial charge in [0.1, 0.15) is 5.60 Å². The Morgan fingerprint density at radius 2 is 1.93 bits per heavy atom. The van der Waals surface area contributed by atoms with Crippen molar-refractivity contribution in [3.05, 3.63) is 0 Å². The molecule has 4 nitrogen and oxygen atoms in total. The van der Waals surface area contributed by atoms with E-state index < -0.39 is 5.60 Å². The first-order chi connectivity index (χ1) is 6.92. The molecule has 15 heavy (non-hydrogen) atoms. The average molecular weight is 213 g/mol. The summed E-state index contributed by atoms with van der Waals surface area (Å²) in [6.07, 6.45) is -0.216. The van der Waals surface area contributed by atoms with Crippen molar-refractivity contribution in [1.29, 1.82) is 0 Å². The minimum atomic E-state index is -0.416. The molecule has 1 N–H and O–H groups in total. The molecule has 0 bridgehead atoms. The van der Waals surface area contributed by atoms with E-state index in [1.165, 1.54) is 0 Å². The van der Waals surface area contributed by atoms with Crippen LogP contribution >= 0.6 is 0 Å². The van der Waals surface area contributed by atoms with Crippen molar-refractivity contribution in [2.24, 2.45) is 17.8 Å². The number of fused-ring (bicyclic) bond motifs is 1. The number of aliphatic hydroxyl groups is 1. The van der Waals surface area contributed by atoms with Gasteiger partial charge >= 0.3 is 6.09 Å². The predicted molar refractivity (Wildman–Crippen MR) is 55.4 cm³/mol. The number of carbonyl (C=O) groups excluding carboxylic acids is 1. The van der Waals surface area contributed by atoms with Gasteiger partial charge in [0.25, 0.3) is 0 Å². The van der Waals surface area contributed by atoms with Crippen LogP contribution in [0.1, 0.15) is 20.8 Å². The quantitative estimate of drug-likeness (QED) is 0.709. The van der Waals surface area contributed by atoms with Crippen molar-refractivity contribution in [3.8, 4) is 0 Å². The molecule has 4 heteroatoms. The molecule has 86 valence electrons. The summed E-state index contributed by atoms with van der Waals surface area (Å²) >= 11 is 0. The molecule has 0 radical (unpaired) electrons. The van der Waals surface area contributed by atoms with Crippen LogP contribution in [0.25, 0.3) is 0 Å². The summed E-state index contributed by atoms with van der Waals surface area (Å²) in [4.78, 5) is 13.4. The molecule has 0 aromatic rings. The average Bonchev–Trinajstić information content (AvgIpc) is 2.54. The summed E-state index contributed by atoms with van der Waals surface area (Å²) in [5.74, 6) is 1.47. The third-order valence-corrected chi connectivity index (χ3v) is 3.23. The first-order valence-electron chi connectivity index (χ1n) is 5.51. The zero-order valence-corrected chi connectivity index (χ0v) is 9.56. The Balaban J connectivity index is 1.82. The third-order valence-electron chi connectivity index (χ3n) is 3.23. The molecule has 0 aromatic heterocycles. The Kier molecular flexibility index (Phi) is 2.41. The fourth-order valence-corrected chi connectivity index (χ4v) is 2.40. The van der Waals surface area contributed by atoms with E-state index in [1.54, 1.807) is 4.90 Å². The minimum Gasteiger partial charge on any atom is -0.444 e. The Hall–Kier alpha value is -0.770. The van der Waals surface area contributed by atoms with Crippen LogP contribution in [0.2, 0.25) is 0 Å². The fourth-order valence-electron chi connectivity index (χ4n) is 2.40. The minimum absolute atomic E-state index is 0.216. The smallest absolute Gasteiger partial charge is 0.410 e. The van der Waals surface area contributed by atoms with Crippen LogP contribution in [0.15, 0.2) is 0 Å². The normalized spacial score (nSPS) is 33.9. The number of carbonyl (C=O) groups is 1. The van der Waals surface area contributed by atoms with Crippen LogP contribution in [0.4, 0.5) is 4.79 Å². The number of piperidine rings is 1. The Bertz CT molecular complexity index is 259. The number of hydrogen-bond acceptors (Lipinski definition) is 3. The molecule has 1 aliphatic carbocycles. The molecule has 0 unspecified atom stereocenters. The van der Waals surface area contributed by atoms with Crippen molar-refractivity contribution in [2.75, 3.05) is 19.7 Å². The van der Waals surface area contributed by atoms with Gasteiger partial charge in [-0.3, -0.25) is 0 Å². The molecule has 1 saturated carbocycles. The van der Waals surface area contributed by atoms with Gasteiger partial charge in [-0.25, -0.2) is 4.79 Å². The molecule has 2 rings (SSSR count). The predicted octanol–water partition coefficient (Wildman–Crippen LogP) is 1.09. The van der Waals surface area contributed by atoms with E-state index in [2.05, 4.69) is 0 Å². The Labute approximate surface area is 90.2 Å². The van der Waals surface area contributed by atoms with Crippen LogP contribution in [-0.4, -0.2) is 41.4 Å². The monoisotopic (exact) mass is 213 g/mol. The van der Waals surface area contributed by atoms with Crippen molar-refractivity contribution in [3.63, 3.8) is 0 Å². The number of hydrogen-bond donors (Lipinski definition) is 1. The summed E-state index contributed by atoms with van der Waals surface area (Å²) in [5, 5.41) is 8.99. The number of ether oxygens (including phenoxy) is 1. The van der Waals surface area contributed by atoms with Gasteiger partial charge in [0, 0.05) is 19.7 Å². The van der Waals surface area contributed by atoms with E-state index in [1.807, 2.05) is 20.8 Å². The van der Waals surface area contributed by atoms with Gasteiger partial charge < -0.3 is 14.7 Å². The zero-order valence-electron chi connectivity index (χ0n) is 9.56. The summed E-state index contributed by atoms with van der Waals surface area (Å²) in [7, 11) is 0. The molecule has 0 aromatic carbocycles. The molecule has 2 fully saturated rings. The van der Waals surface area contributed by atoms with E-state index in [9.17, 15) is 4.79 Å². The SMILES string of the molecule is CC(C)(C)OC(=O)N1C[C@@H]2C(CO)[C@H]2C1. The molecule has 1 heterocycles. The van der Waals surface area contributed by atoms with Gasteiger partial charge in [-0.2, -0.15) is 0 Å². The van der Waals surface area contributed by atoms with Crippen LogP contribution in [0.3, 0.4) is 0 Å². The van der Waals surface area contributed by atoms with Crippen LogP contribution in [0, 0.1) is 17.8 Å². The Morgan fingerprint density at radius 1 is 1.40 bits per heavy atom. The maximum absolute atomic E-state index is 11.7. The Morgan fingerprint density at radius 3 is 2.33 bits per heavy atom. The maximum Gasteiger partial charge on any atom is 0.410 e. The highest BCUT2D eigenvalue weighted by Gasteiger charge is 2.56. The summed E-state index contributed by atoms with van der Waals surface area (Å²) < 4.78 is 5.28. The molecular weight excluding hydrogens is 194 g/mol. The van der Waals surface area contributed by atoms with Crippen LogP contribution in [0.5, 0.6) is 0 Å². The molecular formula is C11H19NO3. The highest BCUT2D eigenvalue weighted by atomic mass is 16.6. The lowest BCUT2D eigenvalue weighted by Gasteiger charge is -2.25. The second kappa shape index (κ2) is 3.37. The second-order valence-corrected chi connectivity index (χ2v) is 5.56. The summed E-state index contributed by atoms with van der Waals surface area (Å²) in [5.41, 5.74) is -0.416. The molecule has 1 saturated heterocycles. The van der Waals surface area contributed by atoms with E-state index in [0.29, 0.717) is 17.8 Å². The van der Waals surface area contributed by atoms with Gasteiger partial charge in [-0.05, 0) is 38.5 Å². The number of amides is 1. The first-order valence-corrected chi connectivity index (χ1v) is 5.51.